The third-order valence-corrected chi connectivity index (χ3v) is 3.44. The van der Waals surface area contributed by atoms with E-state index in [0.717, 1.165) is 15.0 Å². The average Bonchev–Trinajstić information content (AvgIpc) is 2.20. The van der Waals surface area contributed by atoms with E-state index in [1.165, 1.54) is 0 Å². The third kappa shape index (κ3) is 1.77. The summed E-state index contributed by atoms with van der Waals surface area (Å²) in [6, 6.07) is 0. The number of nitrogens with zero attached hydrogens (tertiary/aromatic N) is 2. The molecule has 0 radical (unpaired) electrons. The fraction of sp³-hybridized carbons (Fsp3) is 0.400. The lowest BCUT2D eigenvalue weighted by Gasteiger charge is -1.97. The third-order valence-electron chi connectivity index (χ3n) is 0.986. The van der Waals surface area contributed by atoms with Gasteiger partial charge >= 0.3 is 0 Å². The number of hydrogen-bond acceptors (Lipinski definition) is 2. The zero-order chi connectivity index (χ0) is 7.56. The average molecular weight is 286 g/mol. The van der Waals surface area contributed by atoms with E-state index in [1.807, 2.05) is 10.9 Å². The summed E-state index contributed by atoms with van der Waals surface area (Å²) in [5.74, 6) is 0.881. The topological polar surface area (TPSA) is 17.8 Å². The van der Waals surface area contributed by atoms with Crippen molar-refractivity contribution in [3.8, 4) is 0 Å². The molecule has 0 aliphatic carbocycles. The van der Waals surface area contributed by atoms with Crippen LogP contribution in [-0.2, 0) is 5.88 Å². The maximum atomic E-state index is 4.11. The van der Waals surface area contributed by atoms with Crippen LogP contribution >= 0.6 is 43.6 Å². The molecule has 5 heteroatoms. The van der Waals surface area contributed by atoms with E-state index in [1.54, 1.807) is 18.0 Å². The van der Waals surface area contributed by atoms with Crippen molar-refractivity contribution < 1.29 is 0 Å². The molecule has 2 nitrogen and oxygen atoms in total. The summed E-state index contributed by atoms with van der Waals surface area (Å²) in [5, 5.41) is 4.11. The molecule has 1 aromatic rings. The lowest BCUT2D eigenvalue weighted by Crippen LogP contribution is -1.95. The minimum absolute atomic E-state index is 0.881. The summed E-state index contributed by atoms with van der Waals surface area (Å²) < 4.78 is 3.89. The largest absolute Gasteiger partial charge is 0.247 e. The van der Waals surface area contributed by atoms with E-state index < -0.39 is 0 Å². The van der Waals surface area contributed by atoms with Crippen molar-refractivity contribution >= 4 is 43.6 Å². The van der Waals surface area contributed by atoms with Crippen LogP contribution in [0, 0.1) is 0 Å². The first-order valence-corrected chi connectivity index (χ1v) is 5.59. The van der Waals surface area contributed by atoms with E-state index in [4.69, 9.17) is 0 Å². The zero-order valence-corrected chi connectivity index (χ0v) is 9.33. The molecule has 0 fully saturated rings. The van der Waals surface area contributed by atoms with Gasteiger partial charge in [-0.05, 0) is 38.1 Å². The molecule has 0 aliphatic heterocycles. The molecule has 0 bridgehead atoms. The van der Waals surface area contributed by atoms with E-state index >= 15 is 0 Å². The number of hydrogen-bond donors (Lipinski definition) is 0. The van der Waals surface area contributed by atoms with Gasteiger partial charge in [0.1, 0.15) is 4.60 Å². The van der Waals surface area contributed by atoms with Crippen LogP contribution in [-0.4, -0.2) is 16.0 Å². The van der Waals surface area contributed by atoms with Gasteiger partial charge in [-0.2, -0.15) is 5.10 Å². The van der Waals surface area contributed by atoms with E-state index in [2.05, 4.69) is 37.0 Å². The van der Waals surface area contributed by atoms with Crippen molar-refractivity contribution in [1.82, 2.24) is 9.78 Å². The van der Waals surface area contributed by atoms with Crippen molar-refractivity contribution in [3.63, 3.8) is 0 Å². The number of thioether (sulfide) groups is 1. The smallest absolute Gasteiger partial charge is 0.119 e. The second-order valence-electron chi connectivity index (χ2n) is 1.70. The van der Waals surface area contributed by atoms with Gasteiger partial charge in [-0.25, -0.2) is 4.68 Å². The van der Waals surface area contributed by atoms with Crippen LogP contribution < -0.4 is 0 Å². The van der Waals surface area contributed by atoms with Gasteiger partial charge in [0.25, 0.3) is 0 Å². The molecular weight excluding hydrogens is 280 g/mol. The monoisotopic (exact) mass is 284 g/mol. The molecule has 10 heavy (non-hydrogen) atoms. The van der Waals surface area contributed by atoms with Crippen LogP contribution in [0.15, 0.2) is 15.3 Å². The summed E-state index contributed by atoms with van der Waals surface area (Å²) >= 11 is 8.47. The molecular formula is C5H6Br2N2S. The number of aromatic nitrogens is 2. The first kappa shape index (κ1) is 8.62. The molecule has 56 valence electrons. The number of halogens is 2. The Hall–Kier alpha value is 0.520. The Morgan fingerprint density at radius 2 is 2.40 bits per heavy atom. The molecule has 0 unspecified atom stereocenters. The summed E-state index contributed by atoms with van der Waals surface area (Å²) in [6.45, 7) is 0. The predicted octanol–water partition coefficient (Wildman–Crippen LogP) is 2.73. The van der Waals surface area contributed by atoms with E-state index in [-0.39, 0.29) is 0 Å². The van der Waals surface area contributed by atoms with Gasteiger partial charge in [0, 0.05) is 0 Å². The Balaban J connectivity index is 2.83. The lowest BCUT2D eigenvalue weighted by atomic mass is 10.7. The number of rotatable bonds is 2. The van der Waals surface area contributed by atoms with Gasteiger partial charge in [-0.1, -0.05) is 0 Å². The maximum absolute atomic E-state index is 4.11. The highest BCUT2D eigenvalue weighted by Gasteiger charge is 2.02. The summed E-state index contributed by atoms with van der Waals surface area (Å²) in [7, 11) is 0. The van der Waals surface area contributed by atoms with E-state index in [9.17, 15) is 0 Å². The molecule has 1 aromatic heterocycles. The molecule has 0 saturated carbocycles. The van der Waals surface area contributed by atoms with Gasteiger partial charge in [0.15, 0.2) is 0 Å². The van der Waals surface area contributed by atoms with Crippen LogP contribution in [0.4, 0.5) is 0 Å². The first-order valence-electron chi connectivity index (χ1n) is 2.61. The molecule has 0 atom stereocenters. The Labute approximate surface area is 80.6 Å². The van der Waals surface area contributed by atoms with Crippen LogP contribution in [0.3, 0.4) is 0 Å². The zero-order valence-electron chi connectivity index (χ0n) is 5.34. The second kappa shape index (κ2) is 3.78. The molecule has 1 rings (SSSR count). The first-order chi connectivity index (χ1) is 4.75. The van der Waals surface area contributed by atoms with Crippen molar-refractivity contribution in [3.05, 3.63) is 15.3 Å². The van der Waals surface area contributed by atoms with Gasteiger partial charge in [0.05, 0.1) is 16.5 Å². The highest BCUT2D eigenvalue weighted by atomic mass is 79.9. The van der Waals surface area contributed by atoms with Crippen molar-refractivity contribution in [2.45, 2.75) is 5.88 Å². The van der Waals surface area contributed by atoms with Crippen molar-refractivity contribution in [2.24, 2.45) is 0 Å². The molecule has 0 aliphatic rings. The van der Waals surface area contributed by atoms with Gasteiger partial charge in [-0.3, -0.25) is 0 Å². The predicted molar refractivity (Wildman–Crippen MR) is 51.1 cm³/mol. The Morgan fingerprint density at radius 3 is 2.80 bits per heavy atom. The van der Waals surface area contributed by atoms with Gasteiger partial charge in [-0.15, -0.1) is 11.8 Å². The normalized spacial score (nSPS) is 10.3. The highest BCUT2D eigenvalue weighted by molar-refractivity contribution is 9.13. The molecule has 0 aromatic carbocycles. The molecule has 0 amide bonds. The van der Waals surface area contributed by atoms with Crippen LogP contribution in [0.5, 0.6) is 0 Å². The fourth-order valence-corrected chi connectivity index (χ4v) is 1.78. The SMILES string of the molecule is CSCn1ncc(Br)c1Br. The Kier molecular flexibility index (Phi) is 3.26. The van der Waals surface area contributed by atoms with Gasteiger partial charge in [0.2, 0.25) is 0 Å². The van der Waals surface area contributed by atoms with Crippen molar-refractivity contribution in [1.29, 1.82) is 0 Å². The Bertz CT molecular complexity index is 223. The van der Waals surface area contributed by atoms with Crippen LogP contribution in [0.25, 0.3) is 0 Å². The maximum Gasteiger partial charge on any atom is 0.119 e. The molecule has 1 heterocycles. The minimum atomic E-state index is 0.881. The standard InChI is InChI=1S/C5H6Br2N2S/c1-10-3-9-5(7)4(6)2-8-9/h2H,3H2,1H3. The molecule has 0 N–H and O–H groups in total. The summed E-state index contributed by atoms with van der Waals surface area (Å²) in [5.41, 5.74) is 0. The van der Waals surface area contributed by atoms with Crippen molar-refractivity contribution in [2.75, 3.05) is 6.26 Å². The summed E-state index contributed by atoms with van der Waals surface area (Å²) in [6.07, 6.45) is 3.82. The quantitative estimate of drug-likeness (QED) is 0.832. The van der Waals surface area contributed by atoms with Crippen LogP contribution in [0.2, 0.25) is 0 Å². The van der Waals surface area contributed by atoms with Gasteiger partial charge < -0.3 is 0 Å². The molecule has 0 saturated heterocycles. The second-order valence-corrected chi connectivity index (χ2v) is 4.14. The van der Waals surface area contributed by atoms with Crippen LogP contribution in [0.1, 0.15) is 0 Å². The Morgan fingerprint density at radius 1 is 1.70 bits per heavy atom. The fourth-order valence-electron chi connectivity index (χ4n) is 0.560. The van der Waals surface area contributed by atoms with E-state index in [0.29, 0.717) is 0 Å². The molecule has 0 spiro atoms. The lowest BCUT2D eigenvalue weighted by molar-refractivity contribution is 0.734. The minimum Gasteiger partial charge on any atom is -0.247 e. The summed E-state index contributed by atoms with van der Waals surface area (Å²) in [4.78, 5) is 0. The highest BCUT2D eigenvalue weighted by Crippen LogP contribution is 2.22.